The van der Waals surface area contributed by atoms with Gasteiger partial charge < -0.3 is 5.11 Å². The normalized spacial score (nSPS) is 17.3. The summed E-state index contributed by atoms with van der Waals surface area (Å²) in [7, 11) is 0. The van der Waals surface area contributed by atoms with Crippen LogP contribution in [0.5, 0.6) is 0 Å². The summed E-state index contributed by atoms with van der Waals surface area (Å²) in [4.78, 5) is 11.0. The molecule has 0 saturated carbocycles. The molecular weight excluding hydrogens is 242 g/mol. The lowest BCUT2D eigenvalue weighted by Crippen LogP contribution is -2.35. The third-order valence-electron chi connectivity index (χ3n) is 3.43. The molecule has 1 unspecified atom stereocenters. The van der Waals surface area contributed by atoms with Gasteiger partial charge in [-0.2, -0.15) is 0 Å². The van der Waals surface area contributed by atoms with Crippen molar-refractivity contribution in [1.82, 2.24) is 0 Å². The largest absolute Gasteiger partial charge is 0.480 e. The van der Waals surface area contributed by atoms with Crippen molar-refractivity contribution in [3.8, 4) is 11.1 Å². The molecule has 0 aliphatic carbocycles. The molecular formula is C15H13NO3. The number of fused-ring (bicyclic) bond motifs is 1. The third-order valence-corrected chi connectivity index (χ3v) is 3.43. The van der Waals surface area contributed by atoms with Gasteiger partial charge in [0.2, 0.25) is 0 Å². The van der Waals surface area contributed by atoms with Gasteiger partial charge in [0.1, 0.15) is 0 Å². The minimum absolute atomic E-state index is 0.330. The Morgan fingerprint density at radius 1 is 1.11 bits per heavy atom. The standard InChI is InChI=1S/C15H13NO3/c17-15(18)14-9-12-7-6-11(8-13(12)16(14)19)10-4-2-1-3-5-10/h1-8,14,19H,9H2,(H,17,18). The summed E-state index contributed by atoms with van der Waals surface area (Å²) in [5, 5.41) is 19.8. The van der Waals surface area contributed by atoms with Crippen LogP contribution in [0.3, 0.4) is 0 Å². The number of rotatable bonds is 2. The van der Waals surface area contributed by atoms with Crippen LogP contribution in [0.2, 0.25) is 0 Å². The molecule has 0 spiro atoms. The minimum Gasteiger partial charge on any atom is -0.480 e. The fourth-order valence-corrected chi connectivity index (χ4v) is 2.41. The lowest BCUT2D eigenvalue weighted by molar-refractivity contribution is -0.139. The number of nitrogens with zero attached hydrogens (tertiary/aromatic N) is 1. The van der Waals surface area contributed by atoms with E-state index in [2.05, 4.69) is 0 Å². The average molecular weight is 255 g/mol. The van der Waals surface area contributed by atoms with Crippen molar-refractivity contribution in [3.05, 3.63) is 54.1 Å². The van der Waals surface area contributed by atoms with Gasteiger partial charge >= 0.3 is 5.97 Å². The number of hydrogen-bond donors (Lipinski definition) is 2. The summed E-state index contributed by atoms with van der Waals surface area (Å²) in [6, 6.07) is 14.6. The summed E-state index contributed by atoms with van der Waals surface area (Å²) in [5.74, 6) is -1.01. The SMILES string of the molecule is O=C(O)C1Cc2ccc(-c3ccccc3)cc2N1O. The van der Waals surface area contributed by atoms with E-state index in [1.165, 1.54) is 0 Å². The molecule has 0 radical (unpaired) electrons. The van der Waals surface area contributed by atoms with Crippen molar-refractivity contribution in [2.75, 3.05) is 5.06 Å². The third kappa shape index (κ3) is 1.96. The Kier molecular flexibility index (Phi) is 2.72. The second-order valence-corrected chi connectivity index (χ2v) is 4.61. The first-order valence-electron chi connectivity index (χ1n) is 6.06. The maximum absolute atomic E-state index is 11.0. The summed E-state index contributed by atoms with van der Waals surface area (Å²) in [6.45, 7) is 0. The van der Waals surface area contributed by atoms with Gasteiger partial charge in [-0.1, -0.05) is 42.5 Å². The Balaban J connectivity index is 2.01. The van der Waals surface area contributed by atoms with Gasteiger partial charge in [0, 0.05) is 6.42 Å². The van der Waals surface area contributed by atoms with Gasteiger partial charge in [-0.25, -0.2) is 9.86 Å². The van der Waals surface area contributed by atoms with Crippen molar-refractivity contribution in [2.24, 2.45) is 0 Å². The monoisotopic (exact) mass is 255 g/mol. The van der Waals surface area contributed by atoms with Crippen LogP contribution in [0.25, 0.3) is 11.1 Å². The van der Waals surface area contributed by atoms with E-state index in [0.717, 1.165) is 21.8 Å². The number of hydroxylamine groups is 1. The lowest BCUT2D eigenvalue weighted by atomic mass is 10.0. The van der Waals surface area contributed by atoms with E-state index >= 15 is 0 Å². The van der Waals surface area contributed by atoms with Crippen molar-refractivity contribution in [2.45, 2.75) is 12.5 Å². The van der Waals surface area contributed by atoms with Crippen LogP contribution in [0.15, 0.2) is 48.5 Å². The maximum Gasteiger partial charge on any atom is 0.329 e. The van der Waals surface area contributed by atoms with Crippen molar-refractivity contribution in [3.63, 3.8) is 0 Å². The second kappa shape index (κ2) is 4.40. The highest BCUT2D eigenvalue weighted by Gasteiger charge is 2.33. The topological polar surface area (TPSA) is 60.8 Å². The molecule has 1 heterocycles. The zero-order valence-electron chi connectivity index (χ0n) is 10.2. The van der Waals surface area contributed by atoms with E-state index in [-0.39, 0.29) is 0 Å². The summed E-state index contributed by atoms with van der Waals surface area (Å²) in [5.41, 5.74) is 3.44. The second-order valence-electron chi connectivity index (χ2n) is 4.61. The number of benzene rings is 2. The summed E-state index contributed by atoms with van der Waals surface area (Å²) >= 11 is 0. The zero-order chi connectivity index (χ0) is 13.4. The summed E-state index contributed by atoms with van der Waals surface area (Å²) < 4.78 is 0. The molecule has 2 N–H and O–H groups in total. The molecule has 1 atom stereocenters. The Hall–Kier alpha value is -2.33. The zero-order valence-corrected chi connectivity index (χ0v) is 10.2. The van der Waals surface area contributed by atoms with Gasteiger partial charge in [0.05, 0.1) is 5.69 Å². The fourth-order valence-electron chi connectivity index (χ4n) is 2.41. The van der Waals surface area contributed by atoms with E-state index in [4.69, 9.17) is 5.11 Å². The molecule has 1 aliphatic heterocycles. The predicted molar refractivity (Wildman–Crippen MR) is 71.3 cm³/mol. The molecule has 0 saturated heterocycles. The lowest BCUT2D eigenvalue weighted by Gasteiger charge is -2.16. The first-order valence-corrected chi connectivity index (χ1v) is 6.06. The molecule has 1 aliphatic rings. The number of anilines is 1. The molecule has 2 aromatic carbocycles. The highest BCUT2D eigenvalue weighted by Crippen LogP contribution is 2.34. The molecule has 0 amide bonds. The van der Waals surface area contributed by atoms with E-state index in [1.54, 1.807) is 0 Å². The molecule has 19 heavy (non-hydrogen) atoms. The van der Waals surface area contributed by atoms with Gasteiger partial charge in [-0.3, -0.25) is 5.21 Å². The first-order chi connectivity index (χ1) is 9.16. The Morgan fingerprint density at radius 3 is 2.53 bits per heavy atom. The van der Waals surface area contributed by atoms with Gasteiger partial charge in [-0.15, -0.1) is 0 Å². The Morgan fingerprint density at radius 2 is 1.84 bits per heavy atom. The highest BCUT2D eigenvalue weighted by atomic mass is 16.5. The van der Waals surface area contributed by atoms with Crippen LogP contribution >= 0.6 is 0 Å². The molecule has 0 bridgehead atoms. The molecule has 2 aromatic rings. The quantitative estimate of drug-likeness (QED) is 0.865. The Labute approximate surface area is 110 Å². The molecule has 96 valence electrons. The molecule has 0 aromatic heterocycles. The van der Waals surface area contributed by atoms with Crippen LogP contribution in [0.1, 0.15) is 5.56 Å². The van der Waals surface area contributed by atoms with E-state index in [0.29, 0.717) is 12.1 Å². The van der Waals surface area contributed by atoms with Gasteiger partial charge in [-0.05, 0) is 22.8 Å². The number of aliphatic carboxylic acids is 1. The van der Waals surface area contributed by atoms with Crippen LogP contribution in [-0.4, -0.2) is 22.3 Å². The number of carboxylic acid groups (broad SMARTS) is 1. The van der Waals surface area contributed by atoms with E-state index in [9.17, 15) is 10.0 Å². The van der Waals surface area contributed by atoms with Gasteiger partial charge in [0.25, 0.3) is 0 Å². The maximum atomic E-state index is 11.0. The molecule has 4 nitrogen and oxygen atoms in total. The minimum atomic E-state index is -1.01. The van der Waals surface area contributed by atoms with Crippen molar-refractivity contribution < 1.29 is 15.1 Å². The summed E-state index contributed by atoms with van der Waals surface area (Å²) in [6.07, 6.45) is 0.330. The van der Waals surface area contributed by atoms with Crippen LogP contribution < -0.4 is 5.06 Å². The number of carbonyl (C=O) groups is 1. The van der Waals surface area contributed by atoms with Crippen LogP contribution in [0, 0.1) is 0 Å². The Bertz CT molecular complexity index is 625. The van der Waals surface area contributed by atoms with E-state index < -0.39 is 12.0 Å². The molecule has 4 heteroatoms. The predicted octanol–water partition coefficient (Wildman–Crippen LogP) is 2.56. The number of hydrogen-bond acceptors (Lipinski definition) is 3. The molecule has 0 fully saturated rings. The van der Waals surface area contributed by atoms with E-state index in [1.807, 2.05) is 48.5 Å². The highest BCUT2D eigenvalue weighted by molar-refractivity contribution is 5.83. The smallest absolute Gasteiger partial charge is 0.329 e. The van der Waals surface area contributed by atoms with Gasteiger partial charge in [0.15, 0.2) is 6.04 Å². The molecule has 3 rings (SSSR count). The number of carboxylic acids is 1. The van der Waals surface area contributed by atoms with Crippen LogP contribution in [0.4, 0.5) is 5.69 Å². The first kappa shape index (κ1) is 11.7. The van der Waals surface area contributed by atoms with Crippen LogP contribution in [-0.2, 0) is 11.2 Å². The fraction of sp³-hybridized carbons (Fsp3) is 0.133. The average Bonchev–Trinajstić information content (AvgIpc) is 2.77. The van der Waals surface area contributed by atoms with Crippen molar-refractivity contribution >= 4 is 11.7 Å². The van der Waals surface area contributed by atoms with Crippen molar-refractivity contribution in [1.29, 1.82) is 0 Å².